The summed E-state index contributed by atoms with van der Waals surface area (Å²) in [6.45, 7) is 4.26. The minimum atomic E-state index is -0.465. The van der Waals surface area contributed by atoms with Gasteiger partial charge in [0.1, 0.15) is 5.75 Å². The Hall–Kier alpha value is -1.10. The minimum Gasteiger partial charge on any atom is -0.496 e. The molecule has 128 valence electrons. The molecule has 0 bridgehead atoms. The van der Waals surface area contributed by atoms with E-state index in [1.807, 2.05) is 6.92 Å². The van der Waals surface area contributed by atoms with Crippen molar-refractivity contribution in [2.45, 2.75) is 57.7 Å². The standard InChI is InChI=1S/C19H28O4/c1-18-7-6-17(22)19(2,11-21)16(18)5-4-12-8-13(10-20)15(23-3)9-14(12)18/h8-9,16-17,20-22H,4-7,10-11H2,1-3H3/t16-,17+,18-,19?/m1/s1. The Morgan fingerprint density at radius 1 is 1.22 bits per heavy atom. The van der Waals surface area contributed by atoms with Crippen molar-refractivity contribution in [3.05, 3.63) is 28.8 Å². The zero-order chi connectivity index (χ0) is 16.8. The van der Waals surface area contributed by atoms with E-state index in [0.29, 0.717) is 6.42 Å². The summed E-state index contributed by atoms with van der Waals surface area (Å²) >= 11 is 0. The van der Waals surface area contributed by atoms with Crippen LogP contribution in [0.15, 0.2) is 12.1 Å². The summed E-state index contributed by atoms with van der Waals surface area (Å²) in [6, 6.07) is 4.14. The van der Waals surface area contributed by atoms with Crippen LogP contribution in [0.4, 0.5) is 0 Å². The Morgan fingerprint density at radius 3 is 2.57 bits per heavy atom. The second-order valence-corrected chi connectivity index (χ2v) is 7.71. The van der Waals surface area contributed by atoms with Gasteiger partial charge >= 0.3 is 0 Å². The predicted molar refractivity (Wildman–Crippen MR) is 88.5 cm³/mol. The number of aliphatic hydroxyl groups is 3. The summed E-state index contributed by atoms with van der Waals surface area (Å²) in [5, 5.41) is 30.0. The molecule has 0 saturated heterocycles. The average Bonchev–Trinajstić information content (AvgIpc) is 2.57. The van der Waals surface area contributed by atoms with E-state index in [9.17, 15) is 15.3 Å². The summed E-state index contributed by atoms with van der Waals surface area (Å²) in [5.74, 6) is 0.964. The predicted octanol–water partition coefficient (Wildman–Crippen LogP) is 2.16. The summed E-state index contributed by atoms with van der Waals surface area (Å²) in [7, 11) is 1.63. The molecular weight excluding hydrogens is 292 g/mol. The van der Waals surface area contributed by atoms with Crippen LogP contribution in [0, 0.1) is 11.3 Å². The highest BCUT2D eigenvalue weighted by atomic mass is 16.5. The Bertz CT molecular complexity index is 599. The number of benzene rings is 1. The van der Waals surface area contributed by atoms with E-state index < -0.39 is 11.5 Å². The first kappa shape index (κ1) is 16.7. The third-order valence-corrected chi connectivity index (χ3v) is 6.60. The molecule has 1 aromatic rings. The van der Waals surface area contributed by atoms with Crippen LogP contribution in [0.1, 0.15) is 49.8 Å². The lowest BCUT2D eigenvalue weighted by Gasteiger charge is -2.56. The third-order valence-electron chi connectivity index (χ3n) is 6.60. The lowest BCUT2D eigenvalue weighted by molar-refractivity contribution is -0.110. The van der Waals surface area contributed by atoms with Gasteiger partial charge in [0.15, 0.2) is 0 Å². The molecule has 0 radical (unpaired) electrons. The molecule has 4 heteroatoms. The van der Waals surface area contributed by atoms with Crippen molar-refractivity contribution in [3.63, 3.8) is 0 Å². The molecule has 4 atom stereocenters. The van der Waals surface area contributed by atoms with Crippen molar-refractivity contribution in [1.29, 1.82) is 0 Å². The third kappa shape index (κ3) is 2.31. The van der Waals surface area contributed by atoms with E-state index in [4.69, 9.17) is 4.74 Å². The quantitative estimate of drug-likeness (QED) is 0.798. The highest BCUT2D eigenvalue weighted by molar-refractivity contribution is 5.48. The van der Waals surface area contributed by atoms with E-state index >= 15 is 0 Å². The van der Waals surface area contributed by atoms with Gasteiger partial charge in [-0.1, -0.05) is 13.8 Å². The Morgan fingerprint density at radius 2 is 1.96 bits per heavy atom. The van der Waals surface area contributed by atoms with Crippen LogP contribution in [-0.2, 0) is 18.4 Å². The molecule has 1 saturated carbocycles. The van der Waals surface area contributed by atoms with Crippen LogP contribution >= 0.6 is 0 Å². The van der Waals surface area contributed by atoms with Crippen LogP contribution < -0.4 is 4.74 Å². The highest BCUT2D eigenvalue weighted by Gasteiger charge is 2.55. The molecule has 1 fully saturated rings. The van der Waals surface area contributed by atoms with Crippen molar-refractivity contribution >= 4 is 0 Å². The van der Waals surface area contributed by atoms with Crippen molar-refractivity contribution < 1.29 is 20.1 Å². The molecule has 0 amide bonds. The largest absolute Gasteiger partial charge is 0.496 e. The number of rotatable bonds is 3. The smallest absolute Gasteiger partial charge is 0.124 e. The van der Waals surface area contributed by atoms with E-state index in [-0.39, 0.29) is 24.5 Å². The summed E-state index contributed by atoms with van der Waals surface area (Å²) in [5.41, 5.74) is 2.81. The molecule has 3 N–H and O–H groups in total. The molecule has 3 rings (SSSR count). The lowest BCUT2D eigenvalue weighted by atomic mass is 9.49. The van der Waals surface area contributed by atoms with Gasteiger partial charge in [-0.25, -0.2) is 0 Å². The maximum Gasteiger partial charge on any atom is 0.124 e. The second kappa shape index (κ2) is 5.76. The van der Waals surface area contributed by atoms with Gasteiger partial charge in [-0.05, 0) is 60.3 Å². The Balaban J connectivity index is 2.12. The first-order valence-electron chi connectivity index (χ1n) is 8.50. The van der Waals surface area contributed by atoms with E-state index in [1.54, 1.807) is 7.11 Å². The molecule has 23 heavy (non-hydrogen) atoms. The monoisotopic (exact) mass is 320 g/mol. The second-order valence-electron chi connectivity index (χ2n) is 7.71. The first-order valence-corrected chi connectivity index (χ1v) is 8.50. The van der Waals surface area contributed by atoms with Crippen molar-refractivity contribution in [3.8, 4) is 5.75 Å². The Labute approximate surface area is 138 Å². The lowest BCUT2D eigenvalue weighted by Crippen LogP contribution is -2.56. The molecular formula is C19H28O4. The zero-order valence-corrected chi connectivity index (χ0v) is 14.3. The fourth-order valence-corrected chi connectivity index (χ4v) is 5.11. The van der Waals surface area contributed by atoms with Gasteiger partial charge in [0.2, 0.25) is 0 Å². The maximum absolute atomic E-state index is 10.5. The number of methoxy groups -OCH3 is 1. The van der Waals surface area contributed by atoms with E-state index in [0.717, 1.165) is 30.6 Å². The van der Waals surface area contributed by atoms with Gasteiger partial charge < -0.3 is 20.1 Å². The van der Waals surface area contributed by atoms with E-state index in [2.05, 4.69) is 19.1 Å². The number of hydrogen-bond donors (Lipinski definition) is 3. The molecule has 0 heterocycles. The highest BCUT2D eigenvalue weighted by Crippen LogP contribution is 2.57. The van der Waals surface area contributed by atoms with Gasteiger partial charge in [-0.2, -0.15) is 0 Å². The van der Waals surface area contributed by atoms with Gasteiger partial charge in [0.25, 0.3) is 0 Å². The number of aryl methyl sites for hydroxylation is 1. The van der Waals surface area contributed by atoms with Gasteiger partial charge in [-0.3, -0.25) is 0 Å². The van der Waals surface area contributed by atoms with Crippen molar-refractivity contribution in [2.24, 2.45) is 11.3 Å². The van der Waals surface area contributed by atoms with Crippen molar-refractivity contribution in [2.75, 3.05) is 13.7 Å². The normalized spacial score (nSPS) is 36.3. The molecule has 0 spiro atoms. The average molecular weight is 320 g/mol. The van der Waals surface area contributed by atoms with Gasteiger partial charge in [-0.15, -0.1) is 0 Å². The zero-order valence-electron chi connectivity index (χ0n) is 14.3. The van der Waals surface area contributed by atoms with E-state index in [1.165, 1.54) is 11.1 Å². The molecule has 2 aliphatic rings. The molecule has 1 unspecified atom stereocenters. The van der Waals surface area contributed by atoms with Crippen LogP contribution in [0.2, 0.25) is 0 Å². The van der Waals surface area contributed by atoms with Crippen molar-refractivity contribution in [1.82, 2.24) is 0 Å². The first-order chi connectivity index (χ1) is 10.9. The summed E-state index contributed by atoms with van der Waals surface area (Å²) in [4.78, 5) is 0. The fraction of sp³-hybridized carbons (Fsp3) is 0.684. The van der Waals surface area contributed by atoms with Crippen LogP contribution in [0.25, 0.3) is 0 Å². The topological polar surface area (TPSA) is 69.9 Å². The number of fused-ring (bicyclic) bond motifs is 3. The van der Waals surface area contributed by atoms with Gasteiger partial charge in [0.05, 0.1) is 26.4 Å². The van der Waals surface area contributed by atoms with Crippen LogP contribution in [-0.4, -0.2) is 35.1 Å². The SMILES string of the molecule is COc1cc2c(cc1CO)CC[C@H]1C(C)(CO)[C@@H](O)CC[C@]21C. The van der Waals surface area contributed by atoms with Gasteiger partial charge in [0, 0.05) is 11.0 Å². The van der Waals surface area contributed by atoms with Crippen LogP contribution in [0.3, 0.4) is 0 Å². The molecule has 2 aliphatic carbocycles. The number of hydrogen-bond acceptors (Lipinski definition) is 4. The fourth-order valence-electron chi connectivity index (χ4n) is 5.11. The van der Waals surface area contributed by atoms with Crippen LogP contribution in [0.5, 0.6) is 5.75 Å². The molecule has 0 aliphatic heterocycles. The molecule has 0 aromatic heterocycles. The minimum absolute atomic E-state index is 0.00954. The molecule has 1 aromatic carbocycles. The summed E-state index contributed by atoms with van der Waals surface area (Å²) < 4.78 is 5.47. The Kier molecular flexibility index (Phi) is 4.20. The number of ether oxygens (including phenoxy) is 1. The maximum atomic E-state index is 10.5. The number of aliphatic hydroxyl groups excluding tert-OH is 3. The summed E-state index contributed by atoms with van der Waals surface area (Å²) in [6.07, 6.45) is 3.02. The molecule has 4 nitrogen and oxygen atoms in total.